The summed E-state index contributed by atoms with van der Waals surface area (Å²) in [7, 11) is 0. The Morgan fingerprint density at radius 3 is 2.93 bits per heavy atom. The SMILES string of the molecule is Cc1cnccc1NC(=O)c1nn(-c2ccc(F)cc2F)c2c1C[C@H]1C[C@@H]21. The van der Waals surface area contributed by atoms with Gasteiger partial charge in [0.1, 0.15) is 11.5 Å². The number of amides is 1. The highest BCUT2D eigenvalue weighted by molar-refractivity contribution is 6.04. The minimum absolute atomic E-state index is 0.166. The molecule has 2 aliphatic carbocycles. The van der Waals surface area contributed by atoms with Crippen LogP contribution >= 0.6 is 0 Å². The van der Waals surface area contributed by atoms with E-state index in [2.05, 4.69) is 15.4 Å². The number of carbonyl (C=O) groups excluding carboxylic acids is 1. The van der Waals surface area contributed by atoms with E-state index in [1.807, 2.05) is 6.92 Å². The van der Waals surface area contributed by atoms with E-state index >= 15 is 0 Å². The maximum Gasteiger partial charge on any atom is 0.276 e. The summed E-state index contributed by atoms with van der Waals surface area (Å²) in [4.78, 5) is 16.9. The van der Waals surface area contributed by atoms with E-state index in [-0.39, 0.29) is 11.6 Å². The summed E-state index contributed by atoms with van der Waals surface area (Å²) in [5.74, 6) is -0.886. The van der Waals surface area contributed by atoms with Crippen LogP contribution in [0.15, 0.2) is 36.7 Å². The first-order chi connectivity index (χ1) is 13.0. The molecule has 5 nitrogen and oxygen atoms in total. The average molecular weight is 366 g/mol. The van der Waals surface area contributed by atoms with Crippen LogP contribution in [-0.4, -0.2) is 20.7 Å². The summed E-state index contributed by atoms with van der Waals surface area (Å²) in [6.45, 7) is 1.86. The van der Waals surface area contributed by atoms with Crippen molar-refractivity contribution < 1.29 is 13.6 Å². The molecule has 1 N–H and O–H groups in total. The van der Waals surface area contributed by atoms with Gasteiger partial charge in [0.25, 0.3) is 5.91 Å². The molecule has 2 aliphatic rings. The minimum Gasteiger partial charge on any atom is -0.320 e. The first-order valence-electron chi connectivity index (χ1n) is 8.82. The first-order valence-corrected chi connectivity index (χ1v) is 8.82. The molecule has 3 aromatic rings. The molecule has 1 saturated carbocycles. The Balaban J connectivity index is 1.58. The molecule has 2 heterocycles. The van der Waals surface area contributed by atoms with Crippen molar-refractivity contribution in [1.29, 1.82) is 0 Å². The van der Waals surface area contributed by atoms with Crippen LogP contribution in [0.2, 0.25) is 0 Å². The molecule has 7 heteroatoms. The number of halogens is 2. The number of anilines is 1. The average Bonchev–Trinajstić information content (AvgIpc) is 3.14. The summed E-state index contributed by atoms with van der Waals surface area (Å²) >= 11 is 0. The lowest BCUT2D eigenvalue weighted by molar-refractivity contribution is 0.102. The summed E-state index contributed by atoms with van der Waals surface area (Å²) in [5, 5.41) is 7.29. The molecular weight excluding hydrogens is 350 g/mol. The number of hydrogen-bond donors (Lipinski definition) is 1. The molecule has 0 unspecified atom stereocenters. The zero-order valence-corrected chi connectivity index (χ0v) is 14.5. The Hall–Kier alpha value is -3.09. The number of benzene rings is 1. The fourth-order valence-electron chi connectivity index (χ4n) is 3.93. The highest BCUT2D eigenvalue weighted by Crippen LogP contribution is 2.57. The lowest BCUT2D eigenvalue weighted by Gasteiger charge is -2.08. The number of pyridine rings is 1. The molecule has 0 radical (unpaired) electrons. The molecule has 0 spiro atoms. The highest BCUT2D eigenvalue weighted by atomic mass is 19.1. The maximum atomic E-state index is 14.3. The number of nitrogens with one attached hydrogen (secondary N) is 1. The molecule has 2 aromatic heterocycles. The smallest absolute Gasteiger partial charge is 0.276 e. The Morgan fingerprint density at radius 1 is 1.30 bits per heavy atom. The number of hydrogen-bond acceptors (Lipinski definition) is 3. The van der Waals surface area contributed by atoms with Gasteiger partial charge in [-0.05, 0) is 49.4 Å². The number of carbonyl (C=O) groups is 1. The van der Waals surface area contributed by atoms with Crippen LogP contribution in [0.4, 0.5) is 14.5 Å². The molecular formula is C20H16F2N4O. The van der Waals surface area contributed by atoms with Crippen molar-refractivity contribution in [3.05, 3.63) is 70.8 Å². The van der Waals surface area contributed by atoms with Gasteiger partial charge in [-0.1, -0.05) is 0 Å². The molecule has 27 heavy (non-hydrogen) atoms. The molecule has 1 amide bonds. The van der Waals surface area contributed by atoms with Crippen LogP contribution in [0.1, 0.15) is 39.6 Å². The lowest BCUT2D eigenvalue weighted by atomic mass is 10.1. The Labute approximate surface area is 154 Å². The van der Waals surface area contributed by atoms with Gasteiger partial charge in [-0.2, -0.15) is 5.10 Å². The molecule has 0 saturated heterocycles. The van der Waals surface area contributed by atoms with E-state index in [9.17, 15) is 13.6 Å². The second kappa shape index (κ2) is 5.70. The van der Waals surface area contributed by atoms with Gasteiger partial charge < -0.3 is 5.32 Å². The van der Waals surface area contributed by atoms with E-state index in [4.69, 9.17) is 0 Å². The van der Waals surface area contributed by atoms with Crippen LogP contribution in [0.25, 0.3) is 5.69 Å². The van der Waals surface area contributed by atoms with Crippen LogP contribution in [-0.2, 0) is 6.42 Å². The van der Waals surface area contributed by atoms with Gasteiger partial charge in [0.15, 0.2) is 11.5 Å². The molecule has 2 atom stereocenters. The van der Waals surface area contributed by atoms with Crippen LogP contribution in [0, 0.1) is 24.5 Å². The van der Waals surface area contributed by atoms with Gasteiger partial charge in [0, 0.05) is 35.6 Å². The zero-order chi connectivity index (χ0) is 18.7. The third-order valence-corrected chi connectivity index (χ3v) is 5.38. The predicted molar refractivity (Wildman–Crippen MR) is 95.0 cm³/mol. The molecule has 1 fully saturated rings. The predicted octanol–water partition coefficient (Wildman–Crippen LogP) is 3.77. The molecule has 1 aromatic carbocycles. The number of fused-ring (bicyclic) bond motifs is 3. The standard InChI is InChI=1S/C20H16F2N4O/c1-10-9-23-5-4-16(10)24-20(27)18-14-7-11-6-13(11)19(14)26(25-18)17-3-2-12(21)8-15(17)22/h2-5,8-9,11,13H,6-7H2,1H3,(H,23,24,27)/t11-,13-/m1/s1. The fourth-order valence-corrected chi connectivity index (χ4v) is 3.93. The van der Waals surface area contributed by atoms with Crippen LogP contribution in [0.3, 0.4) is 0 Å². The zero-order valence-electron chi connectivity index (χ0n) is 14.5. The Kier molecular flexibility index (Phi) is 3.40. The molecule has 5 rings (SSSR count). The summed E-state index contributed by atoms with van der Waals surface area (Å²) in [6.07, 6.45) is 5.06. The van der Waals surface area contributed by atoms with Gasteiger partial charge in [-0.25, -0.2) is 13.5 Å². The number of nitrogens with zero attached hydrogens (tertiary/aromatic N) is 3. The van der Waals surface area contributed by atoms with Crippen LogP contribution < -0.4 is 5.32 Å². The quantitative estimate of drug-likeness (QED) is 0.768. The number of rotatable bonds is 3. The third kappa shape index (κ3) is 2.53. The van der Waals surface area contributed by atoms with E-state index in [0.29, 0.717) is 23.2 Å². The van der Waals surface area contributed by atoms with E-state index in [1.54, 1.807) is 18.5 Å². The molecule has 0 bridgehead atoms. The number of aromatic nitrogens is 3. The van der Waals surface area contributed by atoms with E-state index < -0.39 is 11.6 Å². The lowest BCUT2D eigenvalue weighted by Crippen LogP contribution is -2.16. The second-order valence-corrected chi connectivity index (χ2v) is 7.17. The summed E-state index contributed by atoms with van der Waals surface area (Å²) in [5.41, 5.74) is 3.71. The fraction of sp³-hybridized carbons (Fsp3) is 0.250. The Morgan fingerprint density at radius 2 is 2.15 bits per heavy atom. The van der Waals surface area contributed by atoms with Gasteiger partial charge in [0.05, 0.1) is 5.69 Å². The molecule has 0 aliphatic heterocycles. The van der Waals surface area contributed by atoms with Gasteiger partial charge >= 0.3 is 0 Å². The second-order valence-electron chi connectivity index (χ2n) is 7.17. The van der Waals surface area contributed by atoms with E-state index in [0.717, 1.165) is 35.7 Å². The highest BCUT2D eigenvalue weighted by Gasteiger charge is 2.50. The van der Waals surface area contributed by atoms with Crippen molar-refractivity contribution in [2.24, 2.45) is 5.92 Å². The Bertz CT molecular complexity index is 1090. The third-order valence-electron chi connectivity index (χ3n) is 5.38. The summed E-state index contributed by atoms with van der Waals surface area (Å²) < 4.78 is 29.1. The van der Waals surface area contributed by atoms with E-state index in [1.165, 1.54) is 16.8 Å². The van der Waals surface area contributed by atoms with Gasteiger partial charge in [0.2, 0.25) is 0 Å². The van der Waals surface area contributed by atoms with Crippen molar-refractivity contribution in [3.63, 3.8) is 0 Å². The van der Waals surface area contributed by atoms with Crippen molar-refractivity contribution in [1.82, 2.24) is 14.8 Å². The van der Waals surface area contributed by atoms with Crippen LogP contribution in [0.5, 0.6) is 0 Å². The monoisotopic (exact) mass is 366 g/mol. The van der Waals surface area contributed by atoms with Crippen molar-refractivity contribution >= 4 is 11.6 Å². The number of aryl methyl sites for hydroxylation is 1. The molecule has 136 valence electrons. The largest absolute Gasteiger partial charge is 0.320 e. The summed E-state index contributed by atoms with van der Waals surface area (Å²) in [6, 6.07) is 5.12. The normalized spacial score (nSPS) is 19.5. The maximum absolute atomic E-state index is 14.3. The minimum atomic E-state index is -0.693. The van der Waals surface area contributed by atoms with Crippen molar-refractivity contribution in [3.8, 4) is 5.69 Å². The topological polar surface area (TPSA) is 59.8 Å². The van der Waals surface area contributed by atoms with Gasteiger partial charge in [-0.3, -0.25) is 9.78 Å². The van der Waals surface area contributed by atoms with Crippen molar-refractivity contribution in [2.45, 2.75) is 25.7 Å². The first kappa shape index (κ1) is 16.1. The van der Waals surface area contributed by atoms with Gasteiger partial charge in [-0.15, -0.1) is 0 Å². The van der Waals surface area contributed by atoms with Crippen molar-refractivity contribution in [2.75, 3.05) is 5.32 Å².